The molecule has 4 heteroatoms. The number of carbonyl (C=O) groups excluding carboxylic acids is 1. The van der Waals surface area contributed by atoms with E-state index in [2.05, 4.69) is 5.32 Å². The monoisotopic (exact) mass is 236 g/mol. The molecule has 1 aromatic rings. The van der Waals surface area contributed by atoms with Crippen LogP contribution in [0.5, 0.6) is 5.75 Å². The van der Waals surface area contributed by atoms with Crippen LogP contribution in [0.2, 0.25) is 0 Å². The lowest BCUT2D eigenvalue weighted by Crippen LogP contribution is -2.38. The molecule has 0 radical (unpaired) electrons. The summed E-state index contributed by atoms with van der Waals surface area (Å²) in [6.45, 7) is 6.99. The Hall–Kier alpha value is -1.55. The number of nitrogens with zero attached hydrogens (tertiary/aromatic N) is 1. The third kappa shape index (κ3) is 4.87. The van der Waals surface area contributed by atoms with Gasteiger partial charge in [-0.25, -0.2) is 4.79 Å². The summed E-state index contributed by atoms with van der Waals surface area (Å²) in [6.07, 6.45) is -0.295. The van der Waals surface area contributed by atoms with Crippen molar-refractivity contribution in [2.45, 2.75) is 13.8 Å². The third-order valence-corrected chi connectivity index (χ3v) is 2.40. The summed E-state index contributed by atoms with van der Waals surface area (Å²) in [7, 11) is 0. The van der Waals surface area contributed by atoms with Crippen LogP contribution in [0.25, 0.3) is 0 Å². The molecule has 0 aliphatic heterocycles. The molecule has 94 valence electrons. The van der Waals surface area contributed by atoms with Crippen molar-refractivity contribution in [3.63, 3.8) is 0 Å². The summed E-state index contributed by atoms with van der Waals surface area (Å²) in [6, 6.07) is 9.13. The number of hydrogen-bond acceptors (Lipinski definition) is 3. The SMILES string of the molecule is CCNCCN(CC)C(=O)Oc1ccccc1. The molecule has 0 heterocycles. The molecule has 1 N–H and O–H groups in total. The standard InChI is InChI=1S/C13H20N2O2/c1-3-14-10-11-15(4-2)13(16)17-12-8-6-5-7-9-12/h5-9,14H,3-4,10-11H2,1-2H3. The molecule has 1 aromatic carbocycles. The fraction of sp³-hybridized carbons (Fsp3) is 0.462. The van der Waals surface area contributed by atoms with E-state index in [9.17, 15) is 4.79 Å². The number of hydrogen-bond donors (Lipinski definition) is 1. The second kappa shape index (κ2) is 7.68. The van der Waals surface area contributed by atoms with Gasteiger partial charge < -0.3 is 15.0 Å². The first-order valence-electron chi connectivity index (χ1n) is 6.00. The van der Waals surface area contributed by atoms with E-state index in [0.717, 1.165) is 13.1 Å². The first-order valence-corrected chi connectivity index (χ1v) is 6.00. The lowest BCUT2D eigenvalue weighted by atomic mass is 10.3. The van der Waals surface area contributed by atoms with Gasteiger partial charge in [0.2, 0.25) is 0 Å². The van der Waals surface area contributed by atoms with Gasteiger partial charge in [-0.15, -0.1) is 0 Å². The van der Waals surface area contributed by atoms with E-state index >= 15 is 0 Å². The largest absolute Gasteiger partial charge is 0.415 e. The molecule has 4 nitrogen and oxygen atoms in total. The number of para-hydroxylation sites is 1. The zero-order valence-corrected chi connectivity index (χ0v) is 10.5. The lowest BCUT2D eigenvalue weighted by molar-refractivity contribution is 0.155. The van der Waals surface area contributed by atoms with Crippen molar-refractivity contribution in [1.82, 2.24) is 10.2 Å². The van der Waals surface area contributed by atoms with Gasteiger partial charge in [0.1, 0.15) is 5.75 Å². The molecule has 0 saturated heterocycles. The zero-order chi connectivity index (χ0) is 12.5. The fourth-order valence-corrected chi connectivity index (χ4v) is 1.42. The second-order valence-electron chi connectivity index (χ2n) is 3.61. The first kappa shape index (κ1) is 13.5. The highest BCUT2D eigenvalue weighted by Gasteiger charge is 2.12. The van der Waals surface area contributed by atoms with Gasteiger partial charge in [-0.1, -0.05) is 25.1 Å². The molecule has 0 aliphatic carbocycles. The number of nitrogens with one attached hydrogen (secondary N) is 1. The minimum Gasteiger partial charge on any atom is -0.410 e. The summed E-state index contributed by atoms with van der Waals surface area (Å²) in [5.74, 6) is 0.583. The normalized spacial score (nSPS) is 10.0. The van der Waals surface area contributed by atoms with Crippen molar-refractivity contribution in [1.29, 1.82) is 0 Å². The number of rotatable bonds is 6. The highest BCUT2D eigenvalue weighted by atomic mass is 16.6. The predicted octanol–water partition coefficient (Wildman–Crippen LogP) is 2.12. The van der Waals surface area contributed by atoms with E-state index in [-0.39, 0.29) is 6.09 Å². The third-order valence-electron chi connectivity index (χ3n) is 2.40. The highest BCUT2D eigenvalue weighted by Crippen LogP contribution is 2.09. The molecule has 0 saturated carbocycles. The number of amides is 1. The molecule has 0 fully saturated rings. The summed E-state index contributed by atoms with van der Waals surface area (Å²) in [5, 5.41) is 3.18. The van der Waals surface area contributed by atoms with Crippen molar-refractivity contribution in [3.05, 3.63) is 30.3 Å². The minimum absolute atomic E-state index is 0.295. The maximum atomic E-state index is 11.8. The van der Waals surface area contributed by atoms with Gasteiger partial charge in [0.25, 0.3) is 0 Å². The Bertz CT molecular complexity index is 327. The van der Waals surface area contributed by atoms with Gasteiger partial charge in [0.15, 0.2) is 0 Å². The Labute approximate surface area is 103 Å². The second-order valence-corrected chi connectivity index (χ2v) is 3.61. The Morgan fingerprint density at radius 2 is 2.00 bits per heavy atom. The van der Waals surface area contributed by atoms with Crippen LogP contribution >= 0.6 is 0 Å². The van der Waals surface area contributed by atoms with Gasteiger partial charge in [-0.05, 0) is 25.6 Å². The Kier molecular flexibility index (Phi) is 6.10. The van der Waals surface area contributed by atoms with Crippen LogP contribution in [-0.2, 0) is 0 Å². The average Bonchev–Trinajstić information content (AvgIpc) is 2.36. The summed E-state index contributed by atoms with van der Waals surface area (Å²) >= 11 is 0. The van der Waals surface area contributed by atoms with E-state index in [1.807, 2.05) is 32.0 Å². The predicted molar refractivity (Wildman–Crippen MR) is 68.3 cm³/mol. The quantitative estimate of drug-likeness (QED) is 0.769. The molecule has 1 rings (SSSR count). The van der Waals surface area contributed by atoms with Crippen LogP contribution in [0.4, 0.5) is 4.79 Å². The van der Waals surface area contributed by atoms with Crippen molar-refractivity contribution >= 4 is 6.09 Å². The van der Waals surface area contributed by atoms with Crippen LogP contribution in [0, 0.1) is 0 Å². The Morgan fingerprint density at radius 1 is 1.29 bits per heavy atom. The molecule has 17 heavy (non-hydrogen) atoms. The molecule has 0 aromatic heterocycles. The molecule has 0 aliphatic rings. The van der Waals surface area contributed by atoms with Crippen molar-refractivity contribution < 1.29 is 9.53 Å². The molecular weight excluding hydrogens is 216 g/mol. The molecule has 0 unspecified atom stereocenters. The average molecular weight is 236 g/mol. The topological polar surface area (TPSA) is 41.6 Å². The number of likely N-dealkylation sites (N-methyl/N-ethyl adjacent to an activating group) is 2. The van der Waals surface area contributed by atoms with E-state index < -0.39 is 0 Å². The number of ether oxygens (including phenoxy) is 1. The molecule has 0 bridgehead atoms. The van der Waals surface area contributed by atoms with Crippen molar-refractivity contribution in [2.75, 3.05) is 26.2 Å². The number of benzene rings is 1. The zero-order valence-electron chi connectivity index (χ0n) is 10.5. The Morgan fingerprint density at radius 3 is 2.59 bits per heavy atom. The van der Waals surface area contributed by atoms with Crippen LogP contribution < -0.4 is 10.1 Å². The fourth-order valence-electron chi connectivity index (χ4n) is 1.42. The Balaban J connectivity index is 2.43. The van der Waals surface area contributed by atoms with Gasteiger partial charge in [-0.3, -0.25) is 0 Å². The van der Waals surface area contributed by atoms with Gasteiger partial charge in [0, 0.05) is 19.6 Å². The van der Waals surface area contributed by atoms with Gasteiger partial charge in [-0.2, -0.15) is 0 Å². The minimum atomic E-state index is -0.295. The lowest BCUT2D eigenvalue weighted by Gasteiger charge is -2.20. The highest BCUT2D eigenvalue weighted by molar-refractivity contribution is 5.70. The van der Waals surface area contributed by atoms with Crippen LogP contribution in [-0.4, -0.2) is 37.2 Å². The molecule has 0 atom stereocenters. The van der Waals surface area contributed by atoms with Crippen LogP contribution in [0.3, 0.4) is 0 Å². The van der Waals surface area contributed by atoms with Gasteiger partial charge >= 0.3 is 6.09 Å². The molecule has 1 amide bonds. The van der Waals surface area contributed by atoms with E-state index in [0.29, 0.717) is 18.8 Å². The molecular formula is C13H20N2O2. The van der Waals surface area contributed by atoms with Crippen LogP contribution in [0.15, 0.2) is 30.3 Å². The summed E-state index contributed by atoms with van der Waals surface area (Å²) in [4.78, 5) is 13.5. The van der Waals surface area contributed by atoms with E-state index in [1.54, 1.807) is 17.0 Å². The first-order chi connectivity index (χ1) is 8.27. The maximum Gasteiger partial charge on any atom is 0.415 e. The van der Waals surface area contributed by atoms with Crippen molar-refractivity contribution in [3.8, 4) is 5.75 Å². The van der Waals surface area contributed by atoms with E-state index in [4.69, 9.17) is 4.74 Å². The smallest absolute Gasteiger partial charge is 0.410 e. The summed E-state index contributed by atoms with van der Waals surface area (Å²) in [5.41, 5.74) is 0. The van der Waals surface area contributed by atoms with E-state index in [1.165, 1.54) is 0 Å². The van der Waals surface area contributed by atoms with Crippen LogP contribution in [0.1, 0.15) is 13.8 Å². The van der Waals surface area contributed by atoms with Crippen molar-refractivity contribution in [2.24, 2.45) is 0 Å². The summed E-state index contributed by atoms with van der Waals surface area (Å²) < 4.78 is 5.26. The maximum absolute atomic E-state index is 11.8. The van der Waals surface area contributed by atoms with Gasteiger partial charge in [0.05, 0.1) is 0 Å². The molecule has 0 spiro atoms. The number of carbonyl (C=O) groups is 1.